The Kier molecular flexibility index (Phi) is 5.26. The van der Waals surface area contributed by atoms with Crippen molar-refractivity contribution in [1.82, 2.24) is 10.3 Å². The van der Waals surface area contributed by atoms with E-state index in [1.54, 1.807) is 12.1 Å². The van der Waals surface area contributed by atoms with E-state index in [0.29, 0.717) is 11.3 Å². The molecule has 6 heteroatoms. The average molecular weight is 313 g/mol. The molecule has 0 aliphatic carbocycles. The Balaban J connectivity index is 2.00. The molecule has 118 valence electrons. The molecule has 0 saturated carbocycles. The fourth-order valence-corrected chi connectivity index (χ4v) is 1.86. The molecule has 0 saturated heterocycles. The maximum atomic E-state index is 13.3. The number of carbonyl (C=O) groups excluding carboxylic acids is 1. The second kappa shape index (κ2) is 7.36. The minimum absolute atomic E-state index is 0.0489. The first-order chi connectivity index (χ1) is 11.0. The van der Waals surface area contributed by atoms with Gasteiger partial charge in [-0.05, 0) is 38.1 Å². The third-order valence-electron chi connectivity index (χ3n) is 2.89. The van der Waals surface area contributed by atoms with Gasteiger partial charge in [-0.25, -0.2) is 4.39 Å². The largest absolute Gasteiger partial charge is 0.487 e. The number of aromatic nitrogens is 1. The van der Waals surface area contributed by atoms with E-state index in [1.807, 2.05) is 19.9 Å². The minimum Gasteiger partial charge on any atom is -0.487 e. The van der Waals surface area contributed by atoms with Crippen molar-refractivity contribution in [2.45, 2.75) is 26.5 Å². The van der Waals surface area contributed by atoms with Gasteiger partial charge >= 0.3 is 0 Å². The Morgan fingerprint density at radius 2 is 2.17 bits per heavy atom. The number of ether oxygens (including phenoxy) is 1. The highest BCUT2D eigenvalue weighted by Crippen LogP contribution is 2.17. The number of nitriles is 1. The van der Waals surface area contributed by atoms with E-state index in [4.69, 9.17) is 10.00 Å². The van der Waals surface area contributed by atoms with Crippen LogP contribution in [0, 0.1) is 17.1 Å². The number of carbonyl (C=O) groups is 1. The molecule has 1 aromatic heterocycles. The number of hydrogen-bond donors (Lipinski definition) is 1. The van der Waals surface area contributed by atoms with Crippen molar-refractivity contribution in [2.24, 2.45) is 0 Å². The summed E-state index contributed by atoms with van der Waals surface area (Å²) in [6, 6.07) is 9.01. The number of pyridine rings is 1. The van der Waals surface area contributed by atoms with Gasteiger partial charge in [-0.15, -0.1) is 0 Å². The van der Waals surface area contributed by atoms with E-state index in [-0.39, 0.29) is 29.9 Å². The summed E-state index contributed by atoms with van der Waals surface area (Å²) in [6.45, 7) is 3.87. The molecule has 2 rings (SSSR count). The van der Waals surface area contributed by atoms with Gasteiger partial charge in [0.15, 0.2) is 0 Å². The van der Waals surface area contributed by atoms with Crippen molar-refractivity contribution >= 4 is 5.91 Å². The molecule has 1 amide bonds. The molecule has 0 aliphatic heterocycles. The molecule has 1 aromatic carbocycles. The normalized spacial score (nSPS) is 10.2. The number of benzene rings is 1. The lowest BCUT2D eigenvalue weighted by Gasteiger charge is -2.09. The van der Waals surface area contributed by atoms with Crippen LogP contribution >= 0.6 is 0 Å². The molecular weight excluding hydrogens is 297 g/mol. The van der Waals surface area contributed by atoms with E-state index < -0.39 is 5.82 Å². The number of hydrogen-bond acceptors (Lipinski definition) is 4. The maximum Gasteiger partial charge on any atom is 0.253 e. The molecule has 1 N–H and O–H groups in total. The van der Waals surface area contributed by atoms with Gasteiger partial charge < -0.3 is 10.1 Å². The van der Waals surface area contributed by atoms with Crippen LogP contribution in [0.5, 0.6) is 5.75 Å². The van der Waals surface area contributed by atoms with Crippen molar-refractivity contribution in [1.29, 1.82) is 5.26 Å². The van der Waals surface area contributed by atoms with Gasteiger partial charge in [-0.2, -0.15) is 5.26 Å². The van der Waals surface area contributed by atoms with Crippen molar-refractivity contribution in [3.05, 3.63) is 59.2 Å². The zero-order chi connectivity index (χ0) is 16.8. The lowest BCUT2D eigenvalue weighted by molar-refractivity contribution is 0.0942. The SMILES string of the molecule is CC(C)NC(=O)c1ccc(COc2cc(F)cc(C#N)c2)nc1. The van der Waals surface area contributed by atoms with Crippen LogP contribution < -0.4 is 10.1 Å². The molecule has 2 aromatic rings. The highest BCUT2D eigenvalue weighted by atomic mass is 19.1. The topological polar surface area (TPSA) is 75.0 Å². The molecule has 0 radical (unpaired) electrons. The number of amides is 1. The second-order valence-corrected chi connectivity index (χ2v) is 5.24. The van der Waals surface area contributed by atoms with E-state index in [0.717, 1.165) is 6.07 Å². The van der Waals surface area contributed by atoms with Crippen molar-refractivity contribution in [3.8, 4) is 11.8 Å². The molecule has 0 bridgehead atoms. The van der Waals surface area contributed by atoms with Gasteiger partial charge in [0.25, 0.3) is 5.91 Å². The Labute approximate surface area is 133 Å². The van der Waals surface area contributed by atoms with Crippen LogP contribution in [-0.4, -0.2) is 16.9 Å². The fraction of sp³-hybridized carbons (Fsp3) is 0.235. The Bertz CT molecular complexity index is 736. The third-order valence-corrected chi connectivity index (χ3v) is 2.89. The summed E-state index contributed by atoms with van der Waals surface area (Å²) in [6.07, 6.45) is 1.46. The number of rotatable bonds is 5. The van der Waals surface area contributed by atoms with E-state index in [9.17, 15) is 9.18 Å². The first kappa shape index (κ1) is 16.4. The summed E-state index contributed by atoms with van der Waals surface area (Å²) in [5.74, 6) is -0.471. The summed E-state index contributed by atoms with van der Waals surface area (Å²) in [5, 5.41) is 11.6. The average Bonchev–Trinajstić information content (AvgIpc) is 2.52. The Morgan fingerprint density at radius 1 is 1.39 bits per heavy atom. The van der Waals surface area contributed by atoms with Gasteiger partial charge in [0, 0.05) is 18.3 Å². The van der Waals surface area contributed by atoms with Gasteiger partial charge in [-0.3, -0.25) is 9.78 Å². The molecule has 1 heterocycles. The fourth-order valence-electron chi connectivity index (χ4n) is 1.86. The standard InChI is InChI=1S/C17H16FN3O2/c1-11(2)21-17(22)13-3-4-15(20-9-13)10-23-16-6-12(8-19)5-14(18)7-16/h3-7,9,11H,10H2,1-2H3,(H,21,22). The van der Waals surface area contributed by atoms with Crippen LogP contribution in [0.1, 0.15) is 35.5 Å². The number of nitrogens with zero attached hydrogens (tertiary/aromatic N) is 2. The minimum atomic E-state index is -0.535. The molecule has 5 nitrogen and oxygen atoms in total. The molecule has 0 spiro atoms. The summed E-state index contributed by atoms with van der Waals surface area (Å²) >= 11 is 0. The van der Waals surface area contributed by atoms with Crippen LogP contribution in [-0.2, 0) is 6.61 Å². The summed E-state index contributed by atoms with van der Waals surface area (Å²) in [5.41, 5.74) is 1.24. The lowest BCUT2D eigenvalue weighted by atomic mass is 10.2. The van der Waals surface area contributed by atoms with Gasteiger partial charge in [0.2, 0.25) is 0 Å². The summed E-state index contributed by atoms with van der Waals surface area (Å²) in [4.78, 5) is 15.9. The van der Waals surface area contributed by atoms with Crippen LogP contribution in [0.25, 0.3) is 0 Å². The van der Waals surface area contributed by atoms with Crippen molar-refractivity contribution in [3.63, 3.8) is 0 Å². The van der Waals surface area contributed by atoms with Gasteiger partial charge in [-0.1, -0.05) is 0 Å². The third kappa shape index (κ3) is 4.78. The van der Waals surface area contributed by atoms with E-state index in [1.165, 1.54) is 18.3 Å². The Morgan fingerprint density at radius 3 is 2.78 bits per heavy atom. The smallest absolute Gasteiger partial charge is 0.253 e. The molecule has 0 aliphatic rings. The summed E-state index contributed by atoms with van der Waals surface area (Å²) in [7, 11) is 0. The molecular formula is C17H16FN3O2. The second-order valence-electron chi connectivity index (χ2n) is 5.24. The van der Waals surface area contributed by atoms with Crippen molar-refractivity contribution in [2.75, 3.05) is 0 Å². The van der Waals surface area contributed by atoms with Crippen LogP contribution in [0.2, 0.25) is 0 Å². The molecule has 0 atom stereocenters. The van der Waals surface area contributed by atoms with Gasteiger partial charge in [0.05, 0.1) is 22.9 Å². The zero-order valence-corrected chi connectivity index (χ0v) is 12.8. The number of halogens is 1. The zero-order valence-electron chi connectivity index (χ0n) is 12.8. The lowest BCUT2D eigenvalue weighted by Crippen LogP contribution is -2.30. The maximum absolute atomic E-state index is 13.3. The van der Waals surface area contributed by atoms with E-state index >= 15 is 0 Å². The first-order valence-corrected chi connectivity index (χ1v) is 7.07. The predicted molar refractivity (Wildman–Crippen MR) is 82.3 cm³/mol. The van der Waals surface area contributed by atoms with Crippen LogP contribution in [0.4, 0.5) is 4.39 Å². The van der Waals surface area contributed by atoms with Gasteiger partial charge in [0.1, 0.15) is 18.2 Å². The predicted octanol–water partition coefficient (Wildman–Crippen LogP) is 2.81. The quantitative estimate of drug-likeness (QED) is 0.921. The van der Waals surface area contributed by atoms with Crippen LogP contribution in [0.3, 0.4) is 0 Å². The van der Waals surface area contributed by atoms with Crippen molar-refractivity contribution < 1.29 is 13.9 Å². The molecule has 0 unspecified atom stereocenters. The first-order valence-electron chi connectivity index (χ1n) is 7.07. The van der Waals surface area contributed by atoms with E-state index in [2.05, 4.69) is 10.3 Å². The highest BCUT2D eigenvalue weighted by molar-refractivity contribution is 5.93. The molecule has 0 fully saturated rings. The summed E-state index contributed by atoms with van der Waals surface area (Å²) < 4.78 is 18.7. The Hall–Kier alpha value is -2.94. The molecule has 23 heavy (non-hydrogen) atoms. The monoisotopic (exact) mass is 313 g/mol. The highest BCUT2D eigenvalue weighted by Gasteiger charge is 2.08. The van der Waals surface area contributed by atoms with Crippen LogP contribution in [0.15, 0.2) is 36.5 Å². The number of nitrogens with one attached hydrogen (secondary N) is 1.